The van der Waals surface area contributed by atoms with Gasteiger partial charge in [-0.15, -0.1) is 0 Å². The number of anilines is 1. The van der Waals surface area contributed by atoms with Crippen LogP contribution >= 0.6 is 12.2 Å². The summed E-state index contributed by atoms with van der Waals surface area (Å²) in [6, 6.07) is 5.47. The van der Waals surface area contributed by atoms with Gasteiger partial charge in [0.25, 0.3) is 0 Å². The molecule has 8 heteroatoms. The zero-order chi connectivity index (χ0) is 18.8. The van der Waals surface area contributed by atoms with Crippen LogP contribution in [0.25, 0.3) is 0 Å². The maximum Gasteiger partial charge on any atom is 0.416 e. The topological polar surface area (TPSA) is 41.9 Å². The molecule has 0 aliphatic rings. The molecular weight excluding hydrogens is 349 g/mol. The highest BCUT2D eigenvalue weighted by Crippen LogP contribution is 2.30. The molecule has 25 heavy (non-hydrogen) atoms. The van der Waals surface area contributed by atoms with Gasteiger partial charge in [0.1, 0.15) is 0 Å². The average molecular weight is 370 g/mol. The second-order valence-corrected chi connectivity index (χ2v) is 6.56. The number of hydrogen-bond donors (Lipinski definition) is 2. The van der Waals surface area contributed by atoms with Crippen molar-refractivity contribution in [2.24, 2.45) is 0 Å². The van der Waals surface area contributed by atoms with E-state index < -0.39 is 11.7 Å². The summed E-state index contributed by atoms with van der Waals surface area (Å²) in [5.41, 5.74) is 2.19. The predicted molar refractivity (Wildman–Crippen MR) is 96.7 cm³/mol. The highest BCUT2D eigenvalue weighted by molar-refractivity contribution is 7.80. The van der Waals surface area contributed by atoms with Gasteiger partial charge in [-0.3, -0.25) is 4.68 Å². The molecule has 0 radical (unpaired) electrons. The third-order valence-corrected chi connectivity index (χ3v) is 3.85. The van der Waals surface area contributed by atoms with Crippen LogP contribution in [-0.4, -0.2) is 20.9 Å². The summed E-state index contributed by atoms with van der Waals surface area (Å²) in [4.78, 5) is 0. The molecule has 2 aromatic rings. The summed E-state index contributed by atoms with van der Waals surface area (Å²) in [5, 5.41) is 11.1. The van der Waals surface area contributed by atoms with Gasteiger partial charge in [-0.1, -0.05) is 12.1 Å². The average Bonchev–Trinajstić information content (AvgIpc) is 2.73. The molecule has 0 fully saturated rings. The minimum absolute atomic E-state index is 0.195. The van der Waals surface area contributed by atoms with Crippen molar-refractivity contribution < 1.29 is 13.2 Å². The number of nitrogens with zero attached hydrogens (tertiary/aromatic N) is 2. The molecule has 0 aliphatic carbocycles. The Morgan fingerprint density at radius 1 is 1.28 bits per heavy atom. The van der Waals surface area contributed by atoms with Crippen molar-refractivity contribution in [3.8, 4) is 0 Å². The first-order valence-electron chi connectivity index (χ1n) is 7.85. The highest BCUT2D eigenvalue weighted by Gasteiger charge is 2.30. The molecule has 2 rings (SSSR count). The molecule has 0 bridgehead atoms. The SMILES string of the molecule is Cc1nn(Cc2cccc(C(F)(F)F)c2)c(C)c1NC(=S)NC(C)C. The lowest BCUT2D eigenvalue weighted by Gasteiger charge is -2.13. The van der Waals surface area contributed by atoms with E-state index in [1.165, 1.54) is 6.07 Å². The highest BCUT2D eigenvalue weighted by atomic mass is 32.1. The van der Waals surface area contributed by atoms with Crippen molar-refractivity contribution in [3.05, 3.63) is 46.8 Å². The van der Waals surface area contributed by atoms with Crippen molar-refractivity contribution in [1.82, 2.24) is 15.1 Å². The summed E-state index contributed by atoms with van der Waals surface area (Å²) in [6.45, 7) is 7.89. The largest absolute Gasteiger partial charge is 0.416 e. The van der Waals surface area contributed by atoms with Gasteiger partial charge in [0.15, 0.2) is 5.11 Å². The van der Waals surface area contributed by atoms with Crippen molar-refractivity contribution in [3.63, 3.8) is 0 Å². The van der Waals surface area contributed by atoms with Crippen molar-refractivity contribution in [1.29, 1.82) is 0 Å². The molecule has 4 nitrogen and oxygen atoms in total. The maximum atomic E-state index is 12.8. The Bertz CT molecular complexity index is 766. The van der Waals surface area contributed by atoms with E-state index >= 15 is 0 Å². The molecule has 0 amide bonds. The molecular formula is C17H21F3N4S. The van der Waals surface area contributed by atoms with E-state index in [1.54, 1.807) is 10.7 Å². The van der Waals surface area contributed by atoms with Crippen LogP contribution in [0.15, 0.2) is 24.3 Å². The molecule has 0 saturated heterocycles. The maximum absolute atomic E-state index is 12.8. The van der Waals surface area contributed by atoms with Crippen molar-refractivity contribution in [2.45, 2.75) is 46.5 Å². The number of aryl methyl sites for hydroxylation is 1. The monoisotopic (exact) mass is 370 g/mol. The summed E-state index contributed by atoms with van der Waals surface area (Å²) in [7, 11) is 0. The third-order valence-electron chi connectivity index (χ3n) is 3.63. The van der Waals surface area contributed by atoms with Crippen LogP contribution in [0, 0.1) is 13.8 Å². The van der Waals surface area contributed by atoms with E-state index in [9.17, 15) is 13.2 Å². The van der Waals surface area contributed by atoms with Gasteiger partial charge >= 0.3 is 6.18 Å². The molecule has 0 aliphatic heterocycles. The second kappa shape index (κ2) is 7.43. The quantitative estimate of drug-likeness (QED) is 0.789. The van der Waals surface area contributed by atoms with E-state index in [0.29, 0.717) is 10.7 Å². The number of benzene rings is 1. The number of aromatic nitrogens is 2. The minimum Gasteiger partial charge on any atom is -0.360 e. The van der Waals surface area contributed by atoms with Gasteiger partial charge in [-0.05, 0) is 57.6 Å². The summed E-state index contributed by atoms with van der Waals surface area (Å²) < 4.78 is 40.2. The molecule has 0 unspecified atom stereocenters. The number of thiocarbonyl (C=S) groups is 1. The van der Waals surface area contributed by atoms with Crippen LogP contribution in [0.5, 0.6) is 0 Å². The van der Waals surface area contributed by atoms with Crippen LogP contribution in [0.1, 0.15) is 36.4 Å². The van der Waals surface area contributed by atoms with Gasteiger partial charge in [0.05, 0.1) is 29.2 Å². The van der Waals surface area contributed by atoms with E-state index in [1.807, 2.05) is 27.7 Å². The van der Waals surface area contributed by atoms with Crippen molar-refractivity contribution in [2.75, 3.05) is 5.32 Å². The third kappa shape index (κ3) is 4.94. The normalized spacial score (nSPS) is 11.7. The Morgan fingerprint density at radius 2 is 1.96 bits per heavy atom. The van der Waals surface area contributed by atoms with Gasteiger partial charge in [0, 0.05) is 6.04 Å². The fourth-order valence-electron chi connectivity index (χ4n) is 2.46. The first-order chi connectivity index (χ1) is 11.6. The molecule has 2 N–H and O–H groups in total. The Kier molecular flexibility index (Phi) is 5.72. The van der Waals surface area contributed by atoms with E-state index in [2.05, 4.69) is 15.7 Å². The molecule has 0 saturated carbocycles. The lowest BCUT2D eigenvalue weighted by Crippen LogP contribution is -2.34. The number of alkyl halides is 3. The van der Waals surface area contributed by atoms with E-state index in [4.69, 9.17) is 12.2 Å². The van der Waals surface area contributed by atoms with E-state index in [-0.39, 0.29) is 12.6 Å². The van der Waals surface area contributed by atoms with Gasteiger partial charge in [0.2, 0.25) is 0 Å². The van der Waals surface area contributed by atoms with Crippen LogP contribution in [-0.2, 0) is 12.7 Å². The minimum atomic E-state index is -4.35. The number of nitrogens with one attached hydrogen (secondary N) is 2. The van der Waals surface area contributed by atoms with Gasteiger partial charge in [-0.2, -0.15) is 18.3 Å². The Morgan fingerprint density at radius 3 is 2.56 bits per heavy atom. The molecule has 136 valence electrons. The number of rotatable bonds is 4. The first-order valence-corrected chi connectivity index (χ1v) is 8.26. The summed E-state index contributed by atoms with van der Waals surface area (Å²) in [6.07, 6.45) is -4.35. The molecule has 1 aromatic heterocycles. The Labute approximate surface area is 150 Å². The second-order valence-electron chi connectivity index (χ2n) is 6.15. The zero-order valence-electron chi connectivity index (χ0n) is 14.5. The predicted octanol–water partition coefficient (Wildman–Crippen LogP) is 4.26. The fourth-order valence-corrected chi connectivity index (χ4v) is 2.80. The fraction of sp³-hybridized carbons (Fsp3) is 0.412. The van der Waals surface area contributed by atoms with Crippen LogP contribution in [0.3, 0.4) is 0 Å². The molecule has 1 aromatic carbocycles. The molecule has 0 spiro atoms. The zero-order valence-corrected chi connectivity index (χ0v) is 15.3. The standard InChI is InChI=1S/C17H21F3N4S/c1-10(2)21-16(25)22-15-11(3)23-24(12(15)4)9-13-6-5-7-14(8-13)17(18,19)20/h5-8,10H,9H2,1-4H3,(H2,21,22,25). The van der Waals surface area contributed by atoms with Gasteiger partial charge in [-0.25, -0.2) is 0 Å². The van der Waals surface area contributed by atoms with Gasteiger partial charge < -0.3 is 10.6 Å². The summed E-state index contributed by atoms with van der Waals surface area (Å²) in [5.74, 6) is 0. The van der Waals surface area contributed by atoms with Crippen LogP contribution < -0.4 is 10.6 Å². The number of halogens is 3. The Hall–Kier alpha value is -2.09. The smallest absolute Gasteiger partial charge is 0.360 e. The van der Waals surface area contributed by atoms with Crippen molar-refractivity contribution >= 4 is 23.0 Å². The molecule has 0 atom stereocenters. The number of hydrogen-bond acceptors (Lipinski definition) is 2. The molecule has 1 heterocycles. The van der Waals surface area contributed by atoms with Crippen LogP contribution in [0.2, 0.25) is 0 Å². The lowest BCUT2D eigenvalue weighted by molar-refractivity contribution is -0.137. The lowest BCUT2D eigenvalue weighted by atomic mass is 10.1. The van der Waals surface area contributed by atoms with E-state index in [0.717, 1.165) is 29.2 Å². The first kappa shape index (κ1) is 19.2. The van der Waals surface area contributed by atoms with Crippen LogP contribution in [0.4, 0.5) is 18.9 Å². The Balaban J connectivity index is 2.22. The summed E-state index contributed by atoms with van der Waals surface area (Å²) >= 11 is 5.24.